The summed E-state index contributed by atoms with van der Waals surface area (Å²) in [5, 5.41) is 1.14. The first-order valence-electron chi connectivity index (χ1n) is 3.58. The smallest absolute Gasteiger partial charge is 0.103 e. The van der Waals surface area contributed by atoms with E-state index in [1.54, 1.807) is 0 Å². The molecule has 0 aliphatic rings. The lowest BCUT2D eigenvalue weighted by molar-refractivity contribution is 1.33. The number of H-pyrrole nitrogens is 1. The molecule has 0 saturated heterocycles. The second-order valence-electron chi connectivity index (χ2n) is 2.56. The van der Waals surface area contributed by atoms with Crippen LogP contribution in [0.4, 0.5) is 0 Å². The molecule has 1 heterocycles. The topological polar surface area (TPSA) is 15.8 Å². The molecule has 2 rings (SSSR count). The molecule has 0 aliphatic carbocycles. The molecule has 0 aliphatic heterocycles. The number of rotatable bonds is 0. The van der Waals surface area contributed by atoms with Gasteiger partial charge in [-0.2, -0.15) is 0 Å². The second kappa shape index (κ2) is 2.92. The van der Waals surface area contributed by atoms with Gasteiger partial charge in [0.15, 0.2) is 0 Å². The highest BCUT2D eigenvalue weighted by Gasteiger charge is 1.94. The summed E-state index contributed by atoms with van der Waals surface area (Å²) in [4.78, 5) is 4.03. The van der Waals surface area contributed by atoms with Crippen molar-refractivity contribution in [2.75, 3.05) is 0 Å². The predicted octanol–water partition coefficient (Wildman–Crippen LogP) is 3.19. The summed E-state index contributed by atoms with van der Waals surface area (Å²) < 4.78 is 0.740. The van der Waals surface area contributed by atoms with Gasteiger partial charge in [-0.05, 0) is 23.6 Å². The molecule has 3 heteroatoms. The molecule has 0 bridgehead atoms. The number of hydrogen-bond donors (Lipinski definition) is 2. The molecular weight excluding hydrogens is 186 g/mol. The lowest BCUT2D eigenvalue weighted by atomic mass is 10.2. The summed E-state index contributed by atoms with van der Waals surface area (Å²) in [6, 6.07) is 9.82. The summed E-state index contributed by atoms with van der Waals surface area (Å²) >= 11 is 9.33. The zero-order valence-electron chi connectivity index (χ0n) is 6.24. The summed E-state index contributed by atoms with van der Waals surface area (Å²) in [7, 11) is 0. The Morgan fingerprint density at radius 3 is 2.83 bits per heavy atom. The van der Waals surface area contributed by atoms with Gasteiger partial charge in [-0.1, -0.05) is 24.4 Å². The van der Waals surface area contributed by atoms with E-state index in [9.17, 15) is 0 Å². The fourth-order valence-corrected chi connectivity index (χ4v) is 1.60. The normalized spacial score (nSPS) is 10.4. The van der Waals surface area contributed by atoms with Crippen LogP contribution in [0.1, 0.15) is 0 Å². The Bertz CT molecular complexity index is 473. The average Bonchev–Trinajstić information content (AvgIpc) is 2.07. The van der Waals surface area contributed by atoms with Crippen molar-refractivity contribution in [3.63, 3.8) is 0 Å². The second-order valence-corrected chi connectivity index (χ2v) is 3.49. The van der Waals surface area contributed by atoms with Crippen molar-refractivity contribution in [1.82, 2.24) is 4.98 Å². The van der Waals surface area contributed by atoms with Crippen molar-refractivity contribution in [2.24, 2.45) is 0 Å². The van der Waals surface area contributed by atoms with Gasteiger partial charge in [-0.15, -0.1) is 12.6 Å². The summed E-state index contributed by atoms with van der Waals surface area (Å²) in [5.74, 6) is 0. The SMILES string of the molecule is S=c1ccc2cccc(S)c2[nH]1. The van der Waals surface area contributed by atoms with Crippen molar-refractivity contribution in [1.29, 1.82) is 0 Å². The molecule has 0 atom stereocenters. The first kappa shape index (κ1) is 7.83. The number of aromatic amines is 1. The van der Waals surface area contributed by atoms with E-state index in [2.05, 4.69) is 17.6 Å². The minimum absolute atomic E-state index is 0.740. The number of nitrogens with one attached hydrogen (secondary N) is 1. The molecule has 0 unspecified atom stereocenters. The van der Waals surface area contributed by atoms with Crippen LogP contribution in [0.2, 0.25) is 0 Å². The molecule has 12 heavy (non-hydrogen) atoms. The Balaban J connectivity index is 2.97. The molecule has 0 saturated carbocycles. The van der Waals surface area contributed by atoms with Crippen LogP contribution in [-0.2, 0) is 0 Å². The highest BCUT2D eigenvalue weighted by Crippen LogP contribution is 2.18. The molecule has 0 radical (unpaired) electrons. The monoisotopic (exact) mass is 193 g/mol. The van der Waals surface area contributed by atoms with E-state index >= 15 is 0 Å². The number of benzene rings is 1. The molecule has 0 spiro atoms. The van der Waals surface area contributed by atoms with Crippen LogP contribution < -0.4 is 0 Å². The average molecular weight is 193 g/mol. The summed E-state index contributed by atoms with van der Waals surface area (Å²) in [5.41, 5.74) is 1.01. The maximum absolute atomic E-state index is 5.01. The first-order valence-corrected chi connectivity index (χ1v) is 4.44. The molecular formula is C9H7NS2. The fourth-order valence-electron chi connectivity index (χ4n) is 1.16. The zero-order chi connectivity index (χ0) is 8.55. The number of aromatic nitrogens is 1. The van der Waals surface area contributed by atoms with Gasteiger partial charge in [0.25, 0.3) is 0 Å². The van der Waals surface area contributed by atoms with Gasteiger partial charge in [0.2, 0.25) is 0 Å². The number of pyridine rings is 1. The van der Waals surface area contributed by atoms with Crippen LogP contribution in [0.3, 0.4) is 0 Å². The fraction of sp³-hybridized carbons (Fsp3) is 0. The minimum atomic E-state index is 0.740. The Kier molecular flexibility index (Phi) is 1.90. The Morgan fingerprint density at radius 2 is 2.00 bits per heavy atom. The van der Waals surface area contributed by atoms with E-state index in [0.29, 0.717) is 0 Å². The lowest BCUT2D eigenvalue weighted by Crippen LogP contribution is -1.79. The van der Waals surface area contributed by atoms with E-state index in [1.165, 1.54) is 0 Å². The molecule has 1 aromatic heterocycles. The number of thiol groups is 1. The Labute approximate surface area is 80.8 Å². The molecule has 1 nitrogen and oxygen atoms in total. The van der Waals surface area contributed by atoms with Crippen molar-refractivity contribution in [2.45, 2.75) is 4.90 Å². The third-order valence-electron chi connectivity index (χ3n) is 1.74. The largest absolute Gasteiger partial charge is 0.345 e. The van der Waals surface area contributed by atoms with E-state index in [0.717, 1.165) is 20.4 Å². The lowest BCUT2D eigenvalue weighted by Gasteiger charge is -1.99. The summed E-state index contributed by atoms with van der Waals surface area (Å²) in [6.45, 7) is 0. The molecule has 1 aromatic carbocycles. The first-order chi connectivity index (χ1) is 5.77. The predicted molar refractivity (Wildman–Crippen MR) is 56.4 cm³/mol. The standard InChI is InChI=1S/C9H7NS2/c11-7-3-1-2-6-4-5-8(12)10-9(6)7/h1-5,11H,(H,10,12). The quantitative estimate of drug-likeness (QED) is 0.485. The Hall–Kier alpha value is -0.800. The van der Waals surface area contributed by atoms with E-state index < -0.39 is 0 Å². The highest BCUT2D eigenvalue weighted by molar-refractivity contribution is 7.80. The van der Waals surface area contributed by atoms with Crippen LogP contribution >= 0.6 is 24.8 Å². The van der Waals surface area contributed by atoms with Crippen LogP contribution in [0.5, 0.6) is 0 Å². The minimum Gasteiger partial charge on any atom is -0.345 e. The maximum Gasteiger partial charge on any atom is 0.103 e. The molecule has 60 valence electrons. The van der Waals surface area contributed by atoms with Crippen molar-refractivity contribution >= 4 is 35.7 Å². The number of fused-ring (bicyclic) bond motifs is 1. The number of para-hydroxylation sites is 1. The van der Waals surface area contributed by atoms with Gasteiger partial charge >= 0.3 is 0 Å². The van der Waals surface area contributed by atoms with Crippen LogP contribution in [0, 0.1) is 4.64 Å². The maximum atomic E-state index is 5.01. The van der Waals surface area contributed by atoms with Crippen LogP contribution in [0.25, 0.3) is 10.9 Å². The van der Waals surface area contributed by atoms with Crippen molar-refractivity contribution in [3.8, 4) is 0 Å². The third kappa shape index (κ3) is 1.26. The molecule has 0 fully saturated rings. The van der Waals surface area contributed by atoms with E-state index in [-0.39, 0.29) is 0 Å². The van der Waals surface area contributed by atoms with Gasteiger partial charge in [0, 0.05) is 4.90 Å². The zero-order valence-corrected chi connectivity index (χ0v) is 7.95. The highest BCUT2D eigenvalue weighted by atomic mass is 32.1. The van der Waals surface area contributed by atoms with E-state index in [4.69, 9.17) is 12.2 Å². The third-order valence-corrected chi connectivity index (χ3v) is 2.35. The molecule has 1 N–H and O–H groups in total. The van der Waals surface area contributed by atoms with Crippen LogP contribution in [-0.4, -0.2) is 4.98 Å². The molecule has 0 amide bonds. The van der Waals surface area contributed by atoms with Gasteiger partial charge in [0.1, 0.15) is 4.64 Å². The van der Waals surface area contributed by atoms with Gasteiger partial charge in [0.05, 0.1) is 5.52 Å². The van der Waals surface area contributed by atoms with Crippen molar-refractivity contribution < 1.29 is 0 Å². The Morgan fingerprint density at radius 1 is 1.17 bits per heavy atom. The number of hydrogen-bond acceptors (Lipinski definition) is 2. The van der Waals surface area contributed by atoms with Gasteiger partial charge < -0.3 is 4.98 Å². The molecule has 2 aromatic rings. The van der Waals surface area contributed by atoms with Crippen LogP contribution in [0.15, 0.2) is 35.2 Å². The van der Waals surface area contributed by atoms with Gasteiger partial charge in [-0.3, -0.25) is 0 Å². The van der Waals surface area contributed by atoms with E-state index in [1.807, 2.05) is 30.3 Å². The van der Waals surface area contributed by atoms with Gasteiger partial charge in [-0.25, -0.2) is 0 Å². The van der Waals surface area contributed by atoms with Crippen molar-refractivity contribution in [3.05, 3.63) is 35.0 Å². The summed E-state index contributed by atoms with van der Waals surface area (Å²) in [6.07, 6.45) is 0.